The summed E-state index contributed by atoms with van der Waals surface area (Å²) in [5.41, 5.74) is 0.770. The lowest BCUT2D eigenvalue weighted by molar-refractivity contribution is 0.0730. The molecule has 0 saturated carbocycles. The van der Waals surface area contributed by atoms with Crippen LogP contribution in [0, 0.1) is 0 Å². The molecule has 0 radical (unpaired) electrons. The molecule has 3 aromatic carbocycles. The number of benzene rings is 3. The van der Waals surface area contributed by atoms with Crippen molar-refractivity contribution in [2.75, 3.05) is 13.2 Å². The lowest BCUT2D eigenvalue weighted by atomic mass is 10.1. The second-order valence-electron chi connectivity index (χ2n) is 9.82. The van der Waals surface area contributed by atoms with Gasteiger partial charge in [0.05, 0.1) is 24.3 Å². The van der Waals surface area contributed by atoms with Gasteiger partial charge < -0.3 is 18.9 Å². The van der Waals surface area contributed by atoms with E-state index in [4.69, 9.17) is 18.9 Å². The number of hydrogen-bond donors (Lipinski definition) is 0. The molecule has 0 atom stereocenters. The van der Waals surface area contributed by atoms with E-state index in [1.165, 1.54) is 44.9 Å². The first-order valence-corrected chi connectivity index (χ1v) is 14.6. The average molecular weight is 547 g/mol. The van der Waals surface area contributed by atoms with E-state index in [0.717, 1.165) is 30.8 Å². The highest BCUT2D eigenvalue weighted by atomic mass is 16.5. The second kappa shape index (κ2) is 17.7. The Morgan fingerprint density at radius 2 is 0.800 bits per heavy atom. The van der Waals surface area contributed by atoms with Gasteiger partial charge >= 0.3 is 11.9 Å². The van der Waals surface area contributed by atoms with E-state index in [2.05, 4.69) is 13.8 Å². The third-order valence-electron chi connectivity index (χ3n) is 6.46. The molecule has 0 aliphatic heterocycles. The number of carbonyl (C=O) groups is 2. The summed E-state index contributed by atoms with van der Waals surface area (Å²) in [5.74, 6) is 1.26. The zero-order valence-corrected chi connectivity index (χ0v) is 23.9. The molecule has 6 heteroatoms. The van der Waals surface area contributed by atoms with E-state index in [-0.39, 0.29) is 0 Å². The maximum absolute atomic E-state index is 12.6. The molecule has 0 unspecified atom stereocenters. The molecule has 0 bridgehead atoms. The van der Waals surface area contributed by atoms with E-state index in [0.29, 0.717) is 35.8 Å². The van der Waals surface area contributed by atoms with Crippen molar-refractivity contribution in [2.24, 2.45) is 0 Å². The van der Waals surface area contributed by atoms with Crippen molar-refractivity contribution in [1.29, 1.82) is 0 Å². The summed E-state index contributed by atoms with van der Waals surface area (Å²) in [7, 11) is 0. The number of rotatable bonds is 18. The first-order chi connectivity index (χ1) is 19.6. The Morgan fingerprint density at radius 1 is 0.450 bits per heavy atom. The molecule has 0 spiro atoms. The van der Waals surface area contributed by atoms with Gasteiger partial charge in [0.15, 0.2) is 0 Å². The van der Waals surface area contributed by atoms with Crippen LogP contribution in [0.3, 0.4) is 0 Å². The highest BCUT2D eigenvalue weighted by molar-refractivity contribution is 5.92. The second-order valence-corrected chi connectivity index (χ2v) is 9.82. The molecule has 3 aromatic rings. The molecule has 0 amide bonds. The molecule has 0 heterocycles. The van der Waals surface area contributed by atoms with Crippen LogP contribution in [0.2, 0.25) is 0 Å². The van der Waals surface area contributed by atoms with E-state index in [9.17, 15) is 9.59 Å². The monoisotopic (exact) mass is 546 g/mol. The Labute approximate surface area is 238 Å². The van der Waals surface area contributed by atoms with Crippen molar-refractivity contribution in [3.63, 3.8) is 0 Å². The summed E-state index contributed by atoms with van der Waals surface area (Å²) >= 11 is 0. The molecule has 0 fully saturated rings. The van der Waals surface area contributed by atoms with Gasteiger partial charge in [0.2, 0.25) is 0 Å². The standard InChI is InChI=1S/C34H42O6/c1-3-5-7-8-9-10-11-12-26-38-29-17-13-27(14-18-29)33(35)39-31-19-15-28(16-20-31)34(36)40-32-23-21-30(22-24-32)37-25-6-4-2/h13-24H,3-12,25-26H2,1-2H3. The van der Waals surface area contributed by atoms with Crippen LogP contribution in [0.4, 0.5) is 0 Å². The summed E-state index contributed by atoms with van der Waals surface area (Å²) in [5, 5.41) is 0. The molecular formula is C34H42O6. The largest absolute Gasteiger partial charge is 0.494 e. The third-order valence-corrected chi connectivity index (χ3v) is 6.46. The van der Waals surface area contributed by atoms with Gasteiger partial charge in [0.1, 0.15) is 23.0 Å². The minimum Gasteiger partial charge on any atom is -0.494 e. The normalized spacial score (nSPS) is 10.7. The highest BCUT2D eigenvalue weighted by Gasteiger charge is 2.12. The summed E-state index contributed by atoms with van der Waals surface area (Å²) in [6.45, 7) is 5.67. The Kier molecular flexibility index (Phi) is 13.6. The number of unbranched alkanes of at least 4 members (excludes halogenated alkanes) is 8. The predicted molar refractivity (Wildman–Crippen MR) is 158 cm³/mol. The topological polar surface area (TPSA) is 71.1 Å². The van der Waals surface area contributed by atoms with Gasteiger partial charge in [-0.1, -0.05) is 65.2 Å². The van der Waals surface area contributed by atoms with Gasteiger partial charge in [0.25, 0.3) is 0 Å². The van der Waals surface area contributed by atoms with Gasteiger partial charge in [-0.05, 0) is 85.6 Å². The van der Waals surface area contributed by atoms with Gasteiger partial charge in [-0.3, -0.25) is 0 Å². The fourth-order valence-electron chi connectivity index (χ4n) is 4.04. The maximum atomic E-state index is 12.6. The minimum atomic E-state index is -0.500. The molecule has 40 heavy (non-hydrogen) atoms. The van der Waals surface area contributed by atoms with Gasteiger partial charge in [-0.25, -0.2) is 9.59 Å². The molecule has 0 aliphatic rings. The number of hydrogen-bond acceptors (Lipinski definition) is 6. The molecule has 0 aromatic heterocycles. The van der Waals surface area contributed by atoms with Crippen LogP contribution in [-0.4, -0.2) is 25.2 Å². The lowest BCUT2D eigenvalue weighted by Crippen LogP contribution is -2.10. The summed E-state index contributed by atoms with van der Waals surface area (Å²) < 4.78 is 22.3. The van der Waals surface area contributed by atoms with Gasteiger partial charge in [-0.2, -0.15) is 0 Å². The molecule has 0 saturated heterocycles. The molecule has 0 N–H and O–H groups in total. The van der Waals surface area contributed by atoms with Crippen molar-refractivity contribution in [1.82, 2.24) is 0 Å². The van der Waals surface area contributed by atoms with Crippen LogP contribution < -0.4 is 18.9 Å². The maximum Gasteiger partial charge on any atom is 0.343 e. The summed E-state index contributed by atoms with van der Waals surface area (Å²) in [4.78, 5) is 25.1. The first-order valence-electron chi connectivity index (χ1n) is 14.6. The van der Waals surface area contributed by atoms with Crippen molar-refractivity contribution < 1.29 is 28.5 Å². The molecular weight excluding hydrogens is 504 g/mol. The highest BCUT2D eigenvalue weighted by Crippen LogP contribution is 2.21. The van der Waals surface area contributed by atoms with Crippen LogP contribution in [0.25, 0.3) is 0 Å². The summed E-state index contributed by atoms with van der Waals surface area (Å²) in [6.07, 6.45) is 12.1. The fourth-order valence-corrected chi connectivity index (χ4v) is 4.04. The predicted octanol–water partition coefficient (Wildman–Crippen LogP) is 8.82. The molecule has 0 aliphatic carbocycles. The average Bonchev–Trinajstić information content (AvgIpc) is 2.98. The van der Waals surface area contributed by atoms with E-state index >= 15 is 0 Å². The Balaban J connectivity index is 1.38. The number of ether oxygens (including phenoxy) is 4. The van der Waals surface area contributed by atoms with E-state index < -0.39 is 11.9 Å². The smallest absolute Gasteiger partial charge is 0.343 e. The van der Waals surface area contributed by atoms with Crippen LogP contribution >= 0.6 is 0 Å². The first kappa shape index (κ1) is 30.7. The quantitative estimate of drug-likeness (QED) is 0.0902. The van der Waals surface area contributed by atoms with Crippen molar-refractivity contribution in [3.05, 3.63) is 83.9 Å². The SMILES string of the molecule is CCCCCCCCCCOc1ccc(C(=O)Oc2ccc(C(=O)Oc3ccc(OCCCC)cc3)cc2)cc1. The Bertz CT molecular complexity index is 1140. The fraction of sp³-hybridized carbons (Fsp3) is 0.412. The Morgan fingerprint density at radius 3 is 1.27 bits per heavy atom. The van der Waals surface area contributed by atoms with Crippen LogP contribution in [-0.2, 0) is 0 Å². The third kappa shape index (κ3) is 11.1. The zero-order chi connectivity index (χ0) is 28.4. The van der Waals surface area contributed by atoms with Crippen LogP contribution in [0.15, 0.2) is 72.8 Å². The Hall–Kier alpha value is -3.80. The summed E-state index contributed by atoms with van der Waals surface area (Å²) in [6, 6.07) is 20.2. The van der Waals surface area contributed by atoms with Crippen LogP contribution in [0.1, 0.15) is 98.8 Å². The number of esters is 2. The number of carbonyl (C=O) groups excluding carboxylic acids is 2. The molecule has 6 nitrogen and oxygen atoms in total. The van der Waals surface area contributed by atoms with Gasteiger partial charge in [-0.15, -0.1) is 0 Å². The van der Waals surface area contributed by atoms with Crippen molar-refractivity contribution in [2.45, 2.75) is 78.1 Å². The van der Waals surface area contributed by atoms with Crippen molar-refractivity contribution in [3.8, 4) is 23.0 Å². The van der Waals surface area contributed by atoms with Gasteiger partial charge in [0, 0.05) is 0 Å². The van der Waals surface area contributed by atoms with Crippen LogP contribution in [0.5, 0.6) is 23.0 Å². The minimum absolute atomic E-state index is 0.338. The van der Waals surface area contributed by atoms with E-state index in [1.807, 2.05) is 0 Å². The van der Waals surface area contributed by atoms with E-state index in [1.54, 1.807) is 72.8 Å². The molecule has 3 rings (SSSR count). The zero-order valence-electron chi connectivity index (χ0n) is 23.9. The lowest BCUT2D eigenvalue weighted by Gasteiger charge is -2.09. The van der Waals surface area contributed by atoms with Crippen molar-refractivity contribution >= 4 is 11.9 Å². The molecule has 214 valence electrons.